The maximum atomic E-state index is 13.0. The second kappa shape index (κ2) is 9.48. The Balaban J connectivity index is 1.30. The second-order valence-electron chi connectivity index (χ2n) is 7.93. The lowest BCUT2D eigenvalue weighted by Gasteiger charge is -2.20. The molecule has 0 aromatic heterocycles. The fraction of sp³-hybridized carbons (Fsp3) is 0.348. The number of carbonyl (C=O) groups is 3. The first-order valence-electron chi connectivity index (χ1n) is 10.5. The Morgan fingerprint density at radius 2 is 1.97 bits per heavy atom. The van der Waals surface area contributed by atoms with Crippen molar-refractivity contribution in [3.05, 3.63) is 59.1 Å². The highest BCUT2D eigenvalue weighted by atomic mass is 35.5. The zero-order chi connectivity index (χ0) is 22.7. The highest BCUT2D eigenvalue weighted by molar-refractivity contribution is 6.30. The molecule has 2 atom stereocenters. The molecule has 32 heavy (non-hydrogen) atoms. The number of nitrogens with zero attached hydrogens (tertiary/aromatic N) is 2. The topological polar surface area (TPSA) is 91.0 Å². The van der Waals surface area contributed by atoms with E-state index in [-0.39, 0.29) is 30.3 Å². The van der Waals surface area contributed by atoms with E-state index in [2.05, 4.69) is 10.6 Å². The van der Waals surface area contributed by atoms with Crippen molar-refractivity contribution in [3.63, 3.8) is 0 Å². The average molecular weight is 457 g/mol. The van der Waals surface area contributed by atoms with Gasteiger partial charge in [0.2, 0.25) is 11.8 Å². The van der Waals surface area contributed by atoms with Crippen LogP contribution in [0.15, 0.2) is 48.5 Å². The smallest absolute Gasteiger partial charge is 0.322 e. The quantitative estimate of drug-likeness (QED) is 0.698. The zero-order valence-electron chi connectivity index (χ0n) is 17.7. The Morgan fingerprint density at radius 3 is 2.69 bits per heavy atom. The molecule has 2 unspecified atom stereocenters. The Kier molecular flexibility index (Phi) is 6.50. The summed E-state index contributed by atoms with van der Waals surface area (Å²) < 4.78 is 5.14. The van der Waals surface area contributed by atoms with Crippen LogP contribution < -0.4 is 20.3 Å². The molecule has 168 valence electrons. The van der Waals surface area contributed by atoms with Crippen LogP contribution in [0.1, 0.15) is 12.0 Å². The summed E-state index contributed by atoms with van der Waals surface area (Å²) in [6.07, 6.45) is 0.593. The average Bonchev–Trinajstić information content (AvgIpc) is 3.44. The minimum atomic E-state index is -0.641. The molecule has 4 rings (SSSR count). The summed E-state index contributed by atoms with van der Waals surface area (Å²) in [5.74, 6) is 0.167. The summed E-state index contributed by atoms with van der Waals surface area (Å²) in [6.45, 7) is 1.46. The van der Waals surface area contributed by atoms with Gasteiger partial charge in [0.05, 0.1) is 19.6 Å². The third kappa shape index (κ3) is 4.80. The van der Waals surface area contributed by atoms with Crippen LogP contribution >= 0.6 is 11.6 Å². The van der Waals surface area contributed by atoms with Gasteiger partial charge in [0.25, 0.3) is 0 Å². The summed E-state index contributed by atoms with van der Waals surface area (Å²) in [5, 5.41) is 6.30. The van der Waals surface area contributed by atoms with Gasteiger partial charge in [-0.2, -0.15) is 0 Å². The van der Waals surface area contributed by atoms with E-state index in [1.165, 1.54) is 4.90 Å². The molecule has 0 bridgehead atoms. The summed E-state index contributed by atoms with van der Waals surface area (Å²) in [4.78, 5) is 41.1. The minimum Gasteiger partial charge on any atom is -0.497 e. The van der Waals surface area contributed by atoms with Crippen molar-refractivity contribution in [3.8, 4) is 5.75 Å². The SMILES string of the molecule is COc1ccc(N2CC(C(=O)N3CCC(C(=O)NCc4cccc(Cl)c4)C3)NC2=O)cc1. The van der Waals surface area contributed by atoms with E-state index in [0.29, 0.717) is 42.5 Å². The number of nitrogens with one attached hydrogen (secondary N) is 2. The Hall–Kier alpha value is -3.26. The van der Waals surface area contributed by atoms with Crippen LogP contribution in [0.5, 0.6) is 5.75 Å². The van der Waals surface area contributed by atoms with Crippen molar-refractivity contribution in [1.29, 1.82) is 0 Å². The van der Waals surface area contributed by atoms with Crippen molar-refractivity contribution in [1.82, 2.24) is 15.5 Å². The molecule has 0 radical (unpaired) electrons. The van der Waals surface area contributed by atoms with Gasteiger partial charge < -0.3 is 20.3 Å². The maximum Gasteiger partial charge on any atom is 0.322 e. The Morgan fingerprint density at radius 1 is 1.19 bits per heavy atom. The molecular formula is C23H25ClN4O4. The Bertz CT molecular complexity index is 1010. The number of benzene rings is 2. The fourth-order valence-electron chi connectivity index (χ4n) is 4.04. The van der Waals surface area contributed by atoms with E-state index < -0.39 is 6.04 Å². The highest BCUT2D eigenvalue weighted by Gasteiger charge is 2.39. The number of rotatable bonds is 6. The van der Waals surface area contributed by atoms with Crippen molar-refractivity contribution in [2.45, 2.75) is 19.0 Å². The summed E-state index contributed by atoms with van der Waals surface area (Å²) in [5.41, 5.74) is 1.61. The van der Waals surface area contributed by atoms with Crippen molar-refractivity contribution in [2.24, 2.45) is 5.92 Å². The molecule has 0 aliphatic carbocycles. The van der Waals surface area contributed by atoms with Crippen LogP contribution in [-0.4, -0.2) is 55.5 Å². The third-order valence-electron chi connectivity index (χ3n) is 5.82. The number of carbonyl (C=O) groups excluding carboxylic acids is 3. The van der Waals surface area contributed by atoms with Gasteiger partial charge in [0.15, 0.2) is 0 Å². The monoisotopic (exact) mass is 456 g/mol. The molecule has 0 saturated carbocycles. The number of halogens is 1. The molecule has 2 heterocycles. The number of amides is 4. The molecule has 2 saturated heterocycles. The predicted molar refractivity (Wildman–Crippen MR) is 121 cm³/mol. The van der Waals surface area contributed by atoms with E-state index >= 15 is 0 Å². The number of likely N-dealkylation sites (tertiary alicyclic amines) is 1. The van der Waals surface area contributed by atoms with Crippen molar-refractivity contribution < 1.29 is 19.1 Å². The molecular weight excluding hydrogens is 432 g/mol. The van der Waals surface area contributed by atoms with Crippen LogP contribution in [0.4, 0.5) is 10.5 Å². The third-order valence-corrected chi connectivity index (χ3v) is 6.05. The lowest BCUT2D eigenvalue weighted by molar-refractivity contribution is -0.132. The number of ether oxygens (including phenoxy) is 1. The molecule has 2 fully saturated rings. The first kappa shape index (κ1) is 22.0. The van der Waals surface area contributed by atoms with Crippen LogP contribution in [0, 0.1) is 5.92 Å². The molecule has 2 aliphatic heterocycles. The van der Waals surface area contributed by atoms with Crippen molar-refractivity contribution >= 4 is 35.1 Å². The number of urea groups is 1. The highest BCUT2D eigenvalue weighted by Crippen LogP contribution is 2.24. The first-order chi connectivity index (χ1) is 15.4. The lowest BCUT2D eigenvalue weighted by Crippen LogP contribution is -2.45. The number of hydrogen-bond donors (Lipinski definition) is 2. The van der Waals surface area contributed by atoms with Crippen molar-refractivity contribution in [2.75, 3.05) is 31.6 Å². The van der Waals surface area contributed by atoms with Crippen LogP contribution in [0.3, 0.4) is 0 Å². The molecule has 2 aromatic carbocycles. The summed E-state index contributed by atoms with van der Waals surface area (Å²) >= 11 is 5.98. The van der Waals surface area contributed by atoms with Crippen LogP contribution in [-0.2, 0) is 16.1 Å². The van der Waals surface area contributed by atoms with Gasteiger partial charge in [-0.1, -0.05) is 23.7 Å². The van der Waals surface area contributed by atoms with E-state index in [0.717, 1.165) is 5.56 Å². The summed E-state index contributed by atoms with van der Waals surface area (Å²) in [7, 11) is 1.58. The Labute approximate surface area is 191 Å². The largest absolute Gasteiger partial charge is 0.497 e. The van der Waals surface area contributed by atoms with E-state index in [4.69, 9.17) is 16.3 Å². The van der Waals surface area contributed by atoms with Gasteiger partial charge >= 0.3 is 6.03 Å². The second-order valence-corrected chi connectivity index (χ2v) is 8.36. The number of hydrogen-bond acceptors (Lipinski definition) is 4. The zero-order valence-corrected chi connectivity index (χ0v) is 18.5. The van der Waals surface area contributed by atoms with Gasteiger partial charge in [-0.05, 0) is 48.4 Å². The molecule has 0 spiro atoms. The van der Waals surface area contributed by atoms with Gasteiger partial charge in [0.1, 0.15) is 11.8 Å². The van der Waals surface area contributed by atoms with Gasteiger partial charge in [0, 0.05) is 30.3 Å². The van der Waals surface area contributed by atoms with E-state index in [1.807, 2.05) is 18.2 Å². The lowest BCUT2D eigenvalue weighted by atomic mass is 10.1. The minimum absolute atomic E-state index is 0.0874. The molecule has 2 aliphatic rings. The van der Waals surface area contributed by atoms with Gasteiger partial charge in [-0.3, -0.25) is 14.5 Å². The predicted octanol–water partition coefficient (Wildman–Crippen LogP) is 2.41. The number of anilines is 1. The molecule has 2 aromatic rings. The maximum absolute atomic E-state index is 13.0. The molecule has 4 amide bonds. The van der Waals surface area contributed by atoms with Gasteiger partial charge in [-0.15, -0.1) is 0 Å². The van der Waals surface area contributed by atoms with Gasteiger partial charge in [-0.25, -0.2) is 4.79 Å². The van der Waals surface area contributed by atoms with E-state index in [9.17, 15) is 14.4 Å². The number of methoxy groups -OCH3 is 1. The molecule has 9 heteroatoms. The summed E-state index contributed by atoms with van der Waals surface area (Å²) in [6, 6.07) is 13.5. The first-order valence-corrected chi connectivity index (χ1v) is 10.9. The van der Waals surface area contributed by atoms with Crippen LogP contribution in [0.25, 0.3) is 0 Å². The molecule has 8 nitrogen and oxygen atoms in total. The fourth-order valence-corrected chi connectivity index (χ4v) is 4.25. The molecule has 2 N–H and O–H groups in total. The van der Waals surface area contributed by atoms with Crippen LogP contribution in [0.2, 0.25) is 5.02 Å². The standard InChI is InChI=1S/C23H25ClN4O4/c1-32-19-7-5-18(6-8-19)28-14-20(26-23(28)31)22(30)27-10-9-16(13-27)21(29)25-12-15-3-2-4-17(24)11-15/h2-8,11,16,20H,9-10,12-14H2,1H3,(H,25,29)(H,26,31). The normalized spacial score (nSPS) is 20.2. The van der Waals surface area contributed by atoms with E-state index in [1.54, 1.807) is 42.3 Å².